The fourth-order valence-corrected chi connectivity index (χ4v) is 3.20. The van der Waals surface area contributed by atoms with Crippen molar-refractivity contribution in [3.63, 3.8) is 0 Å². The summed E-state index contributed by atoms with van der Waals surface area (Å²) in [5, 5.41) is 13.6. The molecule has 24 heavy (non-hydrogen) atoms. The molecule has 0 atom stereocenters. The predicted molar refractivity (Wildman–Crippen MR) is 93.2 cm³/mol. The zero-order valence-corrected chi connectivity index (χ0v) is 13.2. The maximum Gasteiger partial charge on any atom is 0.179 e. The lowest BCUT2D eigenvalue weighted by atomic mass is 10.0. The fourth-order valence-electron chi connectivity index (χ4n) is 3.20. The van der Waals surface area contributed by atoms with Gasteiger partial charge in [-0.3, -0.25) is 4.98 Å². The van der Waals surface area contributed by atoms with Crippen LogP contribution in [0, 0.1) is 11.5 Å². The molecule has 6 heteroatoms. The van der Waals surface area contributed by atoms with Gasteiger partial charge in [0.2, 0.25) is 0 Å². The van der Waals surface area contributed by atoms with E-state index in [9.17, 15) is 0 Å². The van der Waals surface area contributed by atoms with Crippen LogP contribution in [0.1, 0.15) is 12.8 Å². The van der Waals surface area contributed by atoms with Crippen LogP contribution in [0.5, 0.6) is 0 Å². The molecule has 3 aromatic rings. The third-order valence-electron chi connectivity index (χ3n) is 4.51. The standard InChI is InChI=1S/C18H18N6/c19-12-24-6-3-14(4-7-24)23-15-8-16-17(11-22-18(16)21-10-15)13-2-1-5-20-9-13/h1-2,5,8-11,14,23H,3-4,6-7H2,(H,21,22). The summed E-state index contributed by atoms with van der Waals surface area (Å²) in [5.41, 5.74) is 4.07. The Morgan fingerprint density at radius 3 is 2.92 bits per heavy atom. The van der Waals surface area contributed by atoms with Gasteiger partial charge in [0.25, 0.3) is 0 Å². The third kappa shape index (κ3) is 2.76. The fraction of sp³-hybridized carbons (Fsp3) is 0.278. The van der Waals surface area contributed by atoms with E-state index in [1.54, 1.807) is 6.20 Å². The normalized spacial score (nSPS) is 15.4. The van der Waals surface area contributed by atoms with Gasteiger partial charge in [-0.25, -0.2) is 4.98 Å². The van der Waals surface area contributed by atoms with E-state index < -0.39 is 0 Å². The van der Waals surface area contributed by atoms with Crippen molar-refractivity contribution in [1.29, 1.82) is 5.26 Å². The summed E-state index contributed by atoms with van der Waals surface area (Å²) in [5.74, 6) is 0. The molecular formula is C18H18N6. The molecule has 1 aliphatic heterocycles. The Hall–Kier alpha value is -3.07. The lowest BCUT2D eigenvalue weighted by Crippen LogP contribution is -2.36. The number of nitrogens with zero attached hydrogens (tertiary/aromatic N) is 4. The molecule has 2 N–H and O–H groups in total. The Balaban J connectivity index is 1.58. The molecule has 1 saturated heterocycles. The smallest absolute Gasteiger partial charge is 0.179 e. The molecule has 1 aliphatic rings. The Bertz CT molecular complexity index is 871. The lowest BCUT2D eigenvalue weighted by Gasteiger charge is -2.29. The van der Waals surface area contributed by atoms with Gasteiger partial charge in [-0.15, -0.1) is 0 Å². The van der Waals surface area contributed by atoms with Crippen molar-refractivity contribution in [1.82, 2.24) is 19.9 Å². The lowest BCUT2D eigenvalue weighted by molar-refractivity contribution is 0.305. The number of hydrogen-bond acceptors (Lipinski definition) is 5. The van der Waals surface area contributed by atoms with Crippen LogP contribution in [0.25, 0.3) is 22.2 Å². The van der Waals surface area contributed by atoms with Gasteiger partial charge < -0.3 is 15.2 Å². The summed E-state index contributed by atoms with van der Waals surface area (Å²) in [6.07, 6.45) is 11.6. The van der Waals surface area contributed by atoms with E-state index in [2.05, 4.69) is 32.5 Å². The first-order chi connectivity index (χ1) is 11.8. The quantitative estimate of drug-likeness (QED) is 0.726. The zero-order valence-electron chi connectivity index (χ0n) is 13.2. The highest BCUT2D eigenvalue weighted by Gasteiger charge is 2.18. The van der Waals surface area contributed by atoms with Crippen LogP contribution in [0.4, 0.5) is 5.69 Å². The largest absolute Gasteiger partial charge is 0.381 e. The first-order valence-electron chi connectivity index (χ1n) is 8.12. The SMILES string of the molecule is N#CN1CCC(Nc2cnc3[nH]cc(-c4cccnc4)c3c2)CC1. The van der Waals surface area contributed by atoms with Crippen molar-refractivity contribution in [3.05, 3.63) is 43.0 Å². The highest BCUT2D eigenvalue weighted by molar-refractivity contribution is 5.94. The van der Waals surface area contributed by atoms with E-state index in [1.165, 1.54) is 0 Å². The van der Waals surface area contributed by atoms with Crippen molar-refractivity contribution >= 4 is 16.7 Å². The van der Waals surface area contributed by atoms with Gasteiger partial charge in [-0.2, -0.15) is 5.26 Å². The summed E-state index contributed by atoms with van der Waals surface area (Å²) >= 11 is 0. The zero-order chi connectivity index (χ0) is 16.4. The molecule has 1 fully saturated rings. The summed E-state index contributed by atoms with van der Waals surface area (Å²) in [7, 11) is 0. The minimum atomic E-state index is 0.384. The topological polar surface area (TPSA) is 80.6 Å². The van der Waals surface area contributed by atoms with Gasteiger partial charge >= 0.3 is 0 Å². The van der Waals surface area contributed by atoms with Gasteiger partial charge in [0.15, 0.2) is 6.19 Å². The second-order valence-electron chi connectivity index (χ2n) is 6.07. The van der Waals surface area contributed by atoms with Crippen LogP contribution in [0.15, 0.2) is 43.0 Å². The van der Waals surface area contributed by atoms with E-state index in [0.29, 0.717) is 6.04 Å². The maximum atomic E-state index is 8.94. The second-order valence-corrected chi connectivity index (χ2v) is 6.07. The van der Waals surface area contributed by atoms with Crippen LogP contribution < -0.4 is 5.32 Å². The number of aromatic nitrogens is 3. The molecule has 0 saturated carbocycles. The molecule has 120 valence electrons. The number of piperidine rings is 1. The highest BCUT2D eigenvalue weighted by atomic mass is 15.1. The molecular weight excluding hydrogens is 300 g/mol. The van der Waals surface area contributed by atoms with Crippen molar-refractivity contribution in [2.75, 3.05) is 18.4 Å². The molecule has 0 unspecified atom stereocenters. The predicted octanol–water partition coefficient (Wildman–Crippen LogP) is 2.98. The monoisotopic (exact) mass is 318 g/mol. The average molecular weight is 318 g/mol. The Kier molecular flexibility index (Phi) is 3.75. The third-order valence-corrected chi connectivity index (χ3v) is 4.51. The van der Waals surface area contributed by atoms with Crippen LogP contribution >= 0.6 is 0 Å². The number of pyridine rings is 2. The molecule has 0 amide bonds. The number of fused-ring (bicyclic) bond motifs is 1. The number of aromatic amines is 1. The summed E-state index contributed by atoms with van der Waals surface area (Å²) < 4.78 is 0. The van der Waals surface area contributed by atoms with E-state index >= 15 is 0 Å². The van der Waals surface area contributed by atoms with E-state index in [4.69, 9.17) is 5.26 Å². The van der Waals surface area contributed by atoms with Gasteiger partial charge in [0, 0.05) is 54.2 Å². The first kappa shape index (κ1) is 14.5. The van der Waals surface area contributed by atoms with Crippen LogP contribution in [0.2, 0.25) is 0 Å². The van der Waals surface area contributed by atoms with E-state index in [-0.39, 0.29) is 0 Å². The molecule has 4 heterocycles. The molecule has 6 nitrogen and oxygen atoms in total. The highest BCUT2D eigenvalue weighted by Crippen LogP contribution is 2.29. The van der Waals surface area contributed by atoms with Gasteiger partial charge in [0.1, 0.15) is 5.65 Å². The number of nitriles is 1. The van der Waals surface area contributed by atoms with Crippen molar-refractivity contribution < 1.29 is 0 Å². The van der Waals surface area contributed by atoms with Crippen LogP contribution in [0.3, 0.4) is 0 Å². The maximum absolute atomic E-state index is 8.94. The van der Waals surface area contributed by atoms with Crippen LogP contribution in [-0.2, 0) is 0 Å². The number of nitrogens with one attached hydrogen (secondary N) is 2. The van der Waals surface area contributed by atoms with E-state index in [1.807, 2.05) is 35.6 Å². The Labute approximate surface area is 140 Å². The molecule has 0 bridgehead atoms. The molecule has 0 spiro atoms. The Morgan fingerprint density at radius 1 is 1.29 bits per heavy atom. The van der Waals surface area contributed by atoms with Gasteiger partial charge in [-0.1, -0.05) is 6.07 Å². The molecule has 4 rings (SSSR count). The summed E-state index contributed by atoms with van der Waals surface area (Å²) in [6, 6.07) is 6.51. The number of hydrogen-bond donors (Lipinski definition) is 2. The summed E-state index contributed by atoms with van der Waals surface area (Å²) in [6.45, 7) is 1.63. The number of H-pyrrole nitrogens is 1. The molecule has 0 radical (unpaired) electrons. The average Bonchev–Trinajstić information content (AvgIpc) is 3.06. The number of likely N-dealkylation sites (tertiary alicyclic amines) is 1. The van der Waals surface area contributed by atoms with Gasteiger partial charge in [-0.05, 0) is 25.0 Å². The van der Waals surface area contributed by atoms with E-state index in [0.717, 1.165) is 53.8 Å². The van der Waals surface area contributed by atoms with Crippen molar-refractivity contribution in [2.45, 2.75) is 18.9 Å². The minimum absolute atomic E-state index is 0.384. The number of anilines is 1. The molecule has 0 aromatic carbocycles. The van der Waals surface area contributed by atoms with Crippen LogP contribution in [-0.4, -0.2) is 39.0 Å². The number of rotatable bonds is 3. The van der Waals surface area contributed by atoms with Gasteiger partial charge in [0.05, 0.1) is 11.9 Å². The molecule has 0 aliphatic carbocycles. The molecule has 3 aromatic heterocycles. The first-order valence-corrected chi connectivity index (χ1v) is 8.12. The minimum Gasteiger partial charge on any atom is -0.381 e. The van der Waals surface area contributed by atoms with Crippen molar-refractivity contribution in [3.8, 4) is 17.3 Å². The second kappa shape index (κ2) is 6.20. The van der Waals surface area contributed by atoms with Crippen molar-refractivity contribution in [2.24, 2.45) is 0 Å². The summed E-state index contributed by atoms with van der Waals surface area (Å²) in [4.78, 5) is 13.8. The Morgan fingerprint density at radius 2 is 2.17 bits per heavy atom.